The summed E-state index contributed by atoms with van der Waals surface area (Å²) in [5.74, 6) is -0.567. The summed E-state index contributed by atoms with van der Waals surface area (Å²) < 4.78 is 19.3. The zero-order valence-electron chi connectivity index (χ0n) is 22.5. The maximum absolute atomic E-state index is 14.0. The SMILES string of the molecule is COc1ccc(F)cc1C(O)CN1CN(CC(C)(C)C(=O)NC(C)C)C(=O)c2c1sc(N/N=C\C=N)c2C. The maximum Gasteiger partial charge on any atom is 0.258 e. The Morgan fingerprint density at radius 2 is 2.08 bits per heavy atom. The Morgan fingerprint density at radius 1 is 1.37 bits per heavy atom. The molecule has 4 N–H and O–H groups in total. The molecule has 1 aromatic carbocycles. The van der Waals surface area contributed by atoms with Crippen LogP contribution in [0, 0.1) is 23.6 Å². The summed E-state index contributed by atoms with van der Waals surface area (Å²) in [5, 5.41) is 26.4. The van der Waals surface area contributed by atoms with Crippen LogP contribution < -0.4 is 20.4 Å². The molecular formula is C26H35FN6O4S. The minimum Gasteiger partial charge on any atom is -0.496 e. The number of ether oxygens (including phenoxy) is 1. The van der Waals surface area contributed by atoms with E-state index in [2.05, 4.69) is 15.8 Å². The van der Waals surface area contributed by atoms with E-state index < -0.39 is 17.3 Å². The van der Waals surface area contributed by atoms with Gasteiger partial charge in [0.2, 0.25) is 5.91 Å². The zero-order valence-corrected chi connectivity index (χ0v) is 23.3. The fourth-order valence-corrected chi connectivity index (χ4v) is 5.40. The van der Waals surface area contributed by atoms with Crippen molar-refractivity contribution in [2.75, 3.05) is 37.2 Å². The predicted molar refractivity (Wildman–Crippen MR) is 148 cm³/mol. The van der Waals surface area contributed by atoms with Crippen molar-refractivity contribution in [2.45, 2.75) is 46.8 Å². The van der Waals surface area contributed by atoms with Crippen LogP contribution in [0.5, 0.6) is 5.75 Å². The highest BCUT2D eigenvalue weighted by Crippen LogP contribution is 2.44. The first-order valence-electron chi connectivity index (χ1n) is 12.2. The maximum atomic E-state index is 14.0. The second-order valence-electron chi connectivity index (χ2n) is 10.1. The molecule has 0 radical (unpaired) electrons. The van der Waals surface area contributed by atoms with Gasteiger partial charge < -0.3 is 30.4 Å². The van der Waals surface area contributed by atoms with Crippen LogP contribution >= 0.6 is 11.3 Å². The lowest BCUT2D eigenvalue weighted by Gasteiger charge is -2.40. The summed E-state index contributed by atoms with van der Waals surface area (Å²) in [4.78, 5) is 30.0. The number of hydrazone groups is 1. The largest absolute Gasteiger partial charge is 0.496 e. The molecule has 2 amide bonds. The first-order valence-corrected chi connectivity index (χ1v) is 13.0. The molecule has 1 unspecified atom stereocenters. The normalized spacial score (nSPS) is 14.6. The van der Waals surface area contributed by atoms with Crippen molar-refractivity contribution in [3.05, 3.63) is 40.7 Å². The zero-order chi connectivity index (χ0) is 28.2. The molecule has 2 heterocycles. The first-order chi connectivity index (χ1) is 17.9. The number of rotatable bonds is 11. The van der Waals surface area contributed by atoms with E-state index in [9.17, 15) is 19.1 Å². The minimum atomic E-state index is -1.13. The van der Waals surface area contributed by atoms with Crippen LogP contribution in [0.1, 0.15) is 55.3 Å². The Bertz CT molecular complexity index is 1230. The standard InChI is InChI=1S/C26H35FN6O4S/c1-15(2)30-25(36)26(4,5)13-33-14-32(12-19(34)18-11-17(27)7-8-20(18)37-6)24-21(23(33)35)16(3)22(38-24)31-29-10-9-28/h7-11,15,19,28,31,34H,12-14H2,1-6H3,(H,30,36)/b28-9?,29-10-. The smallest absolute Gasteiger partial charge is 0.258 e. The minimum absolute atomic E-state index is 0.0401. The number of aliphatic hydroxyl groups is 1. The molecule has 206 valence electrons. The number of anilines is 2. The van der Waals surface area contributed by atoms with Crippen LogP contribution in [-0.2, 0) is 4.79 Å². The Balaban J connectivity index is 2.00. The van der Waals surface area contributed by atoms with Gasteiger partial charge in [-0.05, 0) is 52.8 Å². The average Bonchev–Trinajstić information content (AvgIpc) is 3.18. The molecule has 0 saturated heterocycles. The van der Waals surface area contributed by atoms with Crippen LogP contribution in [0.2, 0.25) is 0 Å². The molecule has 38 heavy (non-hydrogen) atoms. The molecule has 12 heteroatoms. The lowest BCUT2D eigenvalue weighted by molar-refractivity contribution is -0.130. The Hall–Kier alpha value is -3.51. The highest BCUT2D eigenvalue weighted by molar-refractivity contribution is 7.20. The molecule has 1 atom stereocenters. The van der Waals surface area contributed by atoms with Crippen molar-refractivity contribution in [1.29, 1.82) is 5.41 Å². The van der Waals surface area contributed by atoms with E-state index in [4.69, 9.17) is 10.1 Å². The van der Waals surface area contributed by atoms with Crippen molar-refractivity contribution in [2.24, 2.45) is 10.5 Å². The number of hydrogen-bond donors (Lipinski definition) is 4. The van der Waals surface area contributed by atoms with Gasteiger partial charge >= 0.3 is 0 Å². The summed E-state index contributed by atoms with van der Waals surface area (Å²) in [6, 6.07) is 3.90. The number of carbonyl (C=O) groups excluding carboxylic acids is 2. The van der Waals surface area contributed by atoms with Gasteiger partial charge in [0.25, 0.3) is 5.91 Å². The van der Waals surface area contributed by atoms with Gasteiger partial charge in [-0.25, -0.2) is 4.39 Å². The van der Waals surface area contributed by atoms with Crippen molar-refractivity contribution >= 4 is 45.6 Å². The number of benzene rings is 1. The predicted octanol–water partition coefficient (Wildman–Crippen LogP) is 3.76. The Labute approximate surface area is 226 Å². The number of carbonyl (C=O) groups is 2. The van der Waals surface area contributed by atoms with Crippen molar-refractivity contribution in [1.82, 2.24) is 10.2 Å². The third-order valence-electron chi connectivity index (χ3n) is 6.14. The van der Waals surface area contributed by atoms with Gasteiger partial charge in [0, 0.05) is 29.9 Å². The molecule has 0 saturated carbocycles. The molecule has 1 aliphatic heterocycles. The molecule has 2 aromatic rings. The number of aliphatic hydroxyl groups excluding tert-OH is 1. The Kier molecular flexibility index (Phi) is 9.10. The van der Waals surface area contributed by atoms with Crippen LogP contribution in [0.25, 0.3) is 0 Å². The van der Waals surface area contributed by atoms with Gasteiger partial charge in [0.1, 0.15) is 27.7 Å². The van der Waals surface area contributed by atoms with Gasteiger partial charge in [-0.15, -0.1) is 0 Å². The van der Waals surface area contributed by atoms with E-state index in [0.29, 0.717) is 26.9 Å². The summed E-state index contributed by atoms with van der Waals surface area (Å²) in [7, 11) is 1.45. The summed E-state index contributed by atoms with van der Waals surface area (Å²) in [6.45, 7) is 9.40. The molecule has 3 rings (SSSR count). The quantitative estimate of drug-likeness (QED) is 0.251. The third-order valence-corrected chi connectivity index (χ3v) is 7.40. The van der Waals surface area contributed by atoms with E-state index in [1.54, 1.807) is 25.7 Å². The van der Waals surface area contributed by atoms with Gasteiger partial charge in [-0.1, -0.05) is 11.3 Å². The van der Waals surface area contributed by atoms with Crippen molar-refractivity contribution in [3.63, 3.8) is 0 Å². The van der Waals surface area contributed by atoms with Crippen LogP contribution in [0.4, 0.5) is 14.4 Å². The number of halogens is 1. The number of thiophene rings is 1. The van der Waals surface area contributed by atoms with Crippen LogP contribution in [0.15, 0.2) is 23.3 Å². The second kappa shape index (κ2) is 11.9. The van der Waals surface area contributed by atoms with E-state index >= 15 is 0 Å². The van der Waals surface area contributed by atoms with E-state index in [1.165, 1.54) is 42.9 Å². The van der Waals surface area contributed by atoms with Crippen molar-refractivity contribution < 1.29 is 23.8 Å². The fraction of sp³-hybridized carbons (Fsp3) is 0.462. The summed E-state index contributed by atoms with van der Waals surface area (Å²) in [5.41, 5.74) is 3.37. The monoisotopic (exact) mass is 546 g/mol. The van der Waals surface area contributed by atoms with Gasteiger partial charge in [-0.3, -0.25) is 15.0 Å². The van der Waals surface area contributed by atoms with Gasteiger partial charge in [-0.2, -0.15) is 5.10 Å². The number of amides is 2. The molecule has 0 fully saturated rings. The molecule has 0 bridgehead atoms. The highest BCUT2D eigenvalue weighted by atomic mass is 32.1. The first kappa shape index (κ1) is 29.1. The lowest BCUT2D eigenvalue weighted by atomic mass is 9.90. The van der Waals surface area contributed by atoms with E-state index in [-0.39, 0.29) is 43.2 Å². The molecule has 0 spiro atoms. The average molecular weight is 547 g/mol. The number of hydrogen-bond acceptors (Lipinski definition) is 9. The van der Waals surface area contributed by atoms with E-state index in [1.807, 2.05) is 18.7 Å². The fourth-order valence-electron chi connectivity index (χ4n) is 4.25. The summed E-state index contributed by atoms with van der Waals surface area (Å²) >= 11 is 1.29. The molecule has 1 aliphatic rings. The third kappa shape index (κ3) is 6.30. The molecule has 10 nitrogen and oxygen atoms in total. The summed E-state index contributed by atoms with van der Waals surface area (Å²) in [6.07, 6.45) is 1.18. The number of nitrogens with zero attached hydrogens (tertiary/aromatic N) is 3. The van der Waals surface area contributed by atoms with Crippen LogP contribution in [-0.4, -0.2) is 67.2 Å². The molecule has 0 aliphatic carbocycles. The number of methoxy groups -OCH3 is 1. The highest BCUT2D eigenvalue weighted by Gasteiger charge is 2.39. The van der Waals surface area contributed by atoms with E-state index in [0.717, 1.165) is 6.21 Å². The lowest BCUT2D eigenvalue weighted by Crippen LogP contribution is -2.53. The van der Waals surface area contributed by atoms with Gasteiger partial charge in [0.15, 0.2) is 0 Å². The Morgan fingerprint density at radius 3 is 2.71 bits per heavy atom. The number of nitrogens with one attached hydrogen (secondary N) is 3. The second-order valence-corrected chi connectivity index (χ2v) is 11.1. The number of β-amino-alcohol motifs (C(OH)–C–C–N with tert-alkyl or cyclic N) is 1. The molecule has 1 aromatic heterocycles. The number of fused-ring (bicyclic) bond motifs is 1. The molecular weight excluding hydrogens is 511 g/mol. The van der Waals surface area contributed by atoms with Crippen molar-refractivity contribution in [3.8, 4) is 5.75 Å². The van der Waals surface area contributed by atoms with Gasteiger partial charge in [0.05, 0.1) is 37.5 Å². The van der Waals surface area contributed by atoms with Crippen LogP contribution in [0.3, 0.4) is 0 Å². The topological polar surface area (TPSA) is 130 Å².